The van der Waals surface area contributed by atoms with E-state index in [1.54, 1.807) is 0 Å². The molecule has 0 unspecified atom stereocenters. The zero-order valence-electron chi connectivity index (χ0n) is 15.2. The molecule has 1 saturated heterocycles. The van der Waals surface area contributed by atoms with E-state index in [0.717, 1.165) is 49.3 Å². The lowest BCUT2D eigenvalue weighted by molar-refractivity contribution is -0.143. The SMILES string of the molecule is O=C(O)[C@@H]1CCCN(CCC#Cc2ccc(N=Nc3ccccc3)cc2)C1. The fourth-order valence-corrected chi connectivity index (χ4v) is 3.06. The third kappa shape index (κ3) is 6.05. The van der Waals surface area contributed by atoms with E-state index in [-0.39, 0.29) is 5.92 Å². The molecule has 138 valence electrons. The van der Waals surface area contributed by atoms with Crippen molar-refractivity contribution in [3.63, 3.8) is 0 Å². The van der Waals surface area contributed by atoms with Gasteiger partial charge in [0.1, 0.15) is 0 Å². The number of carboxylic acids is 1. The van der Waals surface area contributed by atoms with Gasteiger partial charge in [-0.25, -0.2) is 0 Å². The van der Waals surface area contributed by atoms with Gasteiger partial charge in [-0.1, -0.05) is 30.0 Å². The van der Waals surface area contributed by atoms with Gasteiger partial charge in [-0.2, -0.15) is 10.2 Å². The van der Waals surface area contributed by atoms with Gasteiger partial charge < -0.3 is 10.0 Å². The van der Waals surface area contributed by atoms with Crippen LogP contribution in [-0.4, -0.2) is 35.6 Å². The van der Waals surface area contributed by atoms with Crippen molar-refractivity contribution in [1.82, 2.24) is 4.90 Å². The Labute approximate surface area is 159 Å². The van der Waals surface area contributed by atoms with Crippen LogP contribution in [0.15, 0.2) is 64.8 Å². The molecule has 0 radical (unpaired) electrons. The summed E-state index contributed by atoms with van der Waals surface area (Å²) in [6, 6.07) is 17.3. The summed E-state index contributed by atoms with van der Waals surface area (Å²) in [5.74, 6) is 5.41. The van der Waals surface area contributed by atoms with Crippen LogP contribution in [0.2, 0.25) is 0 Å². The Balaban J connectivity index is 1.48. The zero-order valence-corrected chi connectivity index (χ0v) is 15.2. The predicted molar refractivity (Wildman–Crippen MR) is 105 cm³/mol. The number of azo groups is 1. The van der Waals surface area contributed by atoms with E-state index in [9.17, 15) is 4.79 Å². The summed E-state index contributed by atoms with van der Waals surface area (Å²) in [6.45, 7) is 2.42. The monoisotopic (exact) mass is 361 g/mol. The number of benzene rings is 2. The predicted octanol–water partition coefficient (Wildman–Crippen LogP) is 4.64. The molecule has 3 rings (SSSR count). The molecule has 1 N–H and O–H groups in total. The third-order valence-corrected chi connectivity index (χ3v) is 4.54. The van der Waals surface area contributed by atoms with Crippen molar-refractivity contribution in [3.8, 4) is 11.8 Å². The highest BCUT2D eigenvalue weighted by molar-refractivity contribution is 5.70. The summed E-state index contributed by atoms with van der Waals surface area (Å²) < 4.78 is 0. The first-order valence-electron chi connectivity index (χ1n) is 9.21. The lowest BCUT2D eigenvalue weighted by Gasteiger charge is -2.29. The Bertz CT molecular complexity index is 835. The second-order valence-corrected chi connectivity index (χ2v) is 6.61. The van der Waals surface area contributed by atoms with Crippen molar-refractivity contribution in [2.75, 3.05) is 19.6 Å². The minimum Gasteiger partial charge on any atom is -0.481 e. The molecule has 1 aliphatic heterocycles. The minimum absolute atomic E-state index is 0.232. The van der Waals surface area contributed by atoms with Crippen LogP contribution in [-0.2, 0) is 4.79 Å². The van der Waals surface area contributed by atoms with Gasteiger partial charge in [-0.3, -0.25) is 4.79 Å². The summed E-state index contributed by atoms with van der Waals surface area (Å²) in [5.41, 5.74) is 2.55. The molecule has 0 amide bonds. The summed E-state index contributed by atoms with van der Waals surface area (Å²) in [6.07, 6.45) is 2.47. The molecule has 2 aromatic rings. The summed E-state index contributed by atoms with van der Waals surface area (Å²) in [4.78, 5) is 13.3. The standard InChI is InChI=1S/C22H23N3O2/c26-22(27)19-8-6-16-25(17-19)15-5-4-7-18-11-13-21(14-12-18)24-23-20-9-2-1-3-10-20/h1-3,9-14,19H,5-6,8,15-17H2,(H,26,27)/t19-/m1/s1. The second kappa shape index (κ2) is 9.65. The number of piperidine rings is 1. The topological polar surface area (TPSA) is 65.3 Å². The Hall–Kier alpha value is -2.97. The van der Waals surface area contributed by atoms with Crippen LogP contribution in [0, 0.1) is 17.8 Å². The van der Waals surface area contributed by atoms with Crippen LogP contribution < -0.4 is 0 Å². The fraction of sp³-hybridized carbons (Fsp3) is 0.318. The lowest BCUT2D eigenvalue weighted by atomic mass is 9.98. The van der Waals surface area contributed by atoms with Gasteiger partial charge in [0.15, 0.2) is 0 Å². The highest BCUT2D eigenvalue weighted by Gasteiger charge is 2.24. The van der Waals surface area contributed by atoms with Crippen LogP contribution in [0.5, 0.6) is 0 Å². The molecule has 0 aliphatic carbocycles. The second-order valence-electron chi connectivity index (χ2n) is 6.61. The quantitative estimate of drug-likeness (QED) is 0.623. The first-order chi connectivity index (χ1) is 13.2. The molecule has 0 aromatic heterocycles. The van der Waals surface area contributed by atoms with Gasteiger partial charge in [-0.05, 0) is 55.8 Å². The maximum Gasteiger partial charge on any atom is 0.307 e. The molecule has 1 atom stereocenters. The Morgan fingerprint density at radius 2 is 1.78 bits per heavy atom. The number of rotatable bonds is 5. The number of aliphatic carboxylic acids is 1. The molecule has 27 heavy (non-hydrogen) atoms. The van der Waals surface area contributed by atoms with E-state index >= 15 is 0 Å². The summed E-state index contributed by atoms with van der Waals surface area (Å²) in [7, 11) is 0. The average Bonchev–Trinajstić information content (AvgIpc) is 2.71. The van der Waals surface area contributed by atoms with Crippen molar-refractivity contribution in [1.29, 1.82) is 0 Å². The number of carbonyl (C=O) groups is 1. The van der Waals surface area contributed by atoms with E-state index in [0.29, 0.717) is 6.54 Å². The lowest BCUT2D eigenvalue weighted by Crippen LogP contribution is -2.39. The van der Waals surface area contributed by atoms with Gasteiger partial charge in [0.25, 0.3) is 0 Å². The van der Waals surface area contributed by atoms with Crippen LogP contribution in [0.25, 0.3) is 0 Å². The van der Waals surface area contributed by atoms with E-state index in [2.05, 4.69) is 27.0 Å². The largest absolute Gasteiger partial charge is 0.481 e. The van der Waals surface area contributed by atoms with E-state index in [1.165, 1.54) is 0 Å². The molecule has 5 heteroatoms. The third-order valence-electron chi connectivity index (χ3n) is 4.54. The maximum atomic E-state index is 11.1. The molecule has 0 bridgehead atoms. The molecule has 0 spiro atoms. The van der Waals surface area contributed by atoms with Gasteiger partial charge in [-0.15, -0.1) is 0 Å². The van der Waals surface area contributed by atoms with Gasteiger partial charge in [0, 0.05) is 25.1 Å². The van der Waals surface area contributed by atoms with E-state index < -0.39 is 5.97 Å². The highest BCUT2D eigenvalue weighted by atomic mass is 16.4. The Morgan fingerprint density at radius 1 is 1.07 bits per heavy atom. The first-order valence-corrected chi connectivity index (χ1v) is 9.21. The van der Waals surface area contributed by atoms with Crippen molar-refractivity contribution in [2.45, 2.75) is 19.3 Å². The van der Waals surface area contributed by atoms with Gasteiger partial charge in [0.05, 0.1) is 17.3 Å². The Kier molecular flexibility index (Phi) is 6.72. The molecule has 5 nitrogen and oxygen atoms in total. The summed E-state index contributed by atoms with van der Waals surface area (Å²) >= 11 is 0. The molecule has 1 heterocycles. The highest BCUT2D eigenvalue weighted by Crippen LogP contribution is 2.18. The molecular weight excluding hydrogens is 338 g/mol. The van der Waals surface area contributed by atoms with Crippen molar-refractivity contribution in [2.24, 2.45) is 16.1 Å². The van der Waals surface area contributed by atoms with Crippen molar-refractivity contribution in [3.05, 3.63) is 60.2 Å². The normalized spacial score (nSPS) is 17.4. The van der Waals surface area contributed by atoms with Crippen LogP contribution in [0.1, 0.15) is 24.8 Å². The number of hydrogen-bond acceptors (Lipinski definition) is 4. The Morgan fingerprint density at radius 3 is 2.48 bits per heavy atom. The minimum atomic E-state index is -0.685. The number of hydrogen-bond donors (Lipinski definition) is 1. The molecular formula is C22H23N3O2. The first kappa shape index (κ1) is 18.8. The van der Waals surface area contributed by atoms with Gasteiger partial charge in [0.2, 0.25) is 0 Å². The van der Waals surface area contributed by atoms with Crippen molar-refractivity contribution < 1.29 is 9.90 Å². The number of nitrogens with zero attached hydrogens (tertiary/aromatic N) is 3. The maximum absolute atomic E-state index is 11.1. The average molecular weight is 361 g/mol. The zero-order chi connectivity index (χ0) is 18.9. The van der Waals surface area contributed by atoms with Crippen molar-refractivity contribution >= 4 is 17.3 Å². The fourth-order valence-electron chi connectivity index (χ4n) is 3.06. The molecule has 1 fully saturated rings. The van der Waals surface area contributed by atoms with Gasteiger partial charge >= 0.3 is 5.97 Å². The molecule has 0 saturated carbocycles. The molecule has 1 aliphatic rings. The molecule has 2 aromatic carbocycles. The van der Waals surface area contributed by atoms with Crippen LogP contribution >= 0.6 is 0 Å². The summed E-state index contributed by atoms with van der Waals surface area (Å²) in [5, 5.41) is 17.5. The van der Waals surface area contributed by atoms with Crippen LogP contribution in [0.3, 0.4) is 0 Å². The van der Waals surface area contributed by atoms with E-state index in [1.807, 2.05) is 54.6 Å². The number of carboxylic acid groups (broad SMARTS) is 1. The number of likely N-dealkylation sites (tertiary alicyclic amines) is 1. The van der Waals surface area contributed by atoms with E-state index in [4.69, 9.17) is 5.11 Å². The smallest absolute Gasteiger partial charge is 0.307 e. The van der Waals surface area contributed by atoms with Crippen LogP contribution in [0.4, 0.5) is 11.4 Å².